The lowest BCUT2D eigenvalue weighted by molar-refractivity contribution is 0.0382. The van der Waals surface area contributed by atoms with Gasteiger partial charge in [-0.25, -0.2) is 8.78 Å². The van der Waals surface area contributed by atoms with Gasteiger partial charge in [-0.2, -0.15) is 0 Å². The third-order valence-electron chi connectivity index (χ3n) is 3.07. The summed E-state index contributed by atoms with van der Waals surface area (Å²) < 4.78 is 27.3. The molecule has 0 heterocycles. The van der Waals surface area contributed by atoms with Crippen LogP contribution in [0.2, 0.25) is 0 Å². The van der Waals surface area contributed by atoms with Crippen molar-refractivity contribution >= 4 is 0 Å². The van der Waals surface area contributed by atoms with Gasteiger partial charge in [-0.3, -0.25) is 0 Å². The maximum Gasteiger partial charge on any atom is 0.132 e. The summed E-state index contributed by atoms with van der Waals surface area (Å²) in [6.45, 7) is 5.43. The number of hydrogen-bond donors (Lipinski definition) is 1. The Kier molecular flexibility index (Phi) is 3.68. The van der Waals surface area contributed by atoms with Crippen molar-refractivity contribution in [2.45, 2.75) is 32.9 Å². The predicted octanol–water partition coefficient (Wildman–Crippen LogP) is 3.08. The Morgan fingerprint density at radius 3 is 2.00 bits per heavy atom. The summed E-state index contributed by atoms with van der Waals surface area (Å²) in [5, 5.41) is 0. The highest BCUT2D eigenvalue weighted by Gasteiger charge is 2.41. The molecule has 0 fully saturated rings. The first kappa shape index (κ1) is 13.1. The maximum absolute atomic E-state index is 14.6. The second kappa shape index (κ2) is 4.50. The minimum atomic E-state index is -1.47. The molecule has 1 aromatic carbocycles. The van der Waals surface area contributed by atoms with Gasteiger partial charge in [0.1, 0.15) is 11.5 Å². The van der Waals surface area contributed by atoms with E-state index >= 15 is 0 Å². The fourth-order valence-electron chi connectivity index (χ4n) is 1.57. The second-order valence-electron chi connectivity index (χ2n) is 5.22. The highest BCUT2D eigenvalue weighted by atomic mass is 19.1. The number of rotatable bonds is 3. The average Bonchev–Trinajstić information content (AvgIpc) is 2.19. The van der Waals surface area contributed by atoms with Crippen molar-refractivity contribution in [3.63, 3.8) is 0 Å². The number of halogens is 2. The van der Waals surface area contributed by atoms with Gasteiger partial charge in [0.15, 0.2) is 0 Å². The van der Waals surface area contributed by atoms with Crippen LogP contribution in [0.5, 0.6) is 0 Å². The van der Waals surface area contributed by atoms with E-state index in [2.05, 4.69) is 0 Å². The van der Waals surface area contributed by atoms with Crippen molar-refractivity contribution in [3.8, 4) is 0 Å². The van der Waals surface area contributed by atoms with Crippen LogP contribution in [0.3, 0.4) is 0 Å². The van der Waals surface area contributed by atoms with E-state index in [1.807, 2.05) is 20.8 Å². The van der Waals surface area contributed by atoms with Crippen LogP contribution < -0.4 is 5.73 Å². The summed E-state index contributed by atoms with van der Waals surface area (Å²) in [6, 6.07) is 5.89. The van der Waals surface area contributed by atoms with Crippen LogP contribution in [0.15, 0.2) is 24.3 Å². The van der Waals surface area contributed by atoms with E-state index in [1.54, 1.807) is 12.1 Å². The van der Waals surface area contributed by atoms with E-state index in [9.17, 15) is 8.78 Å². The van der Waals surface area contributed by atoms with E-state index in [0.717, 1.165) is 5.56 Å². The van der Waals surface area contributed by atoms with Gasteiger partial charge in [0.25, 0.3) is 0 Å². The molecule has 2 N–H and O–H groups in total. The normalized spacial score (nSPS) is 15.9. The lowest BCUT2D eigenvalue weighted by Crippen LogP contribution is -2.47. The molecule has 0 amide bonds. The van der Waals surface area contributed by atoms with Crippen molar-refractivity contribution < 1.29 is 8.78 Å². The molecule has 1 atom stereocenters. The van der Waals surface area contributed by atoms with Gasteiger partial charge >= 0.3 is 0 Å². The SMILES string of the molecule is CC(C)(C)C(F)(CN)Cc1ccc(F)cc1. The zero-order valence-corrected chi connectivity index (χ0v) is 10.1. The first-order chi connectivity index (χ1) is 7.28. The monoisotopic (exact) mass is 227 g/mol. The Labute approximate surface area is 95.7 Å². The fraction of sp³-hybridized carbons (Fsp3) is 0.538. The van der Waals surface area contributed by atoms with E-state index in [1.165, 1.54) is 12.1 Å². The third kappa shape index (κ3) is 2.79. The quantitative estimate of drug-likeness (QED) is 0.843. The molecule has 0 radical (unpaired) electrons. The van der Waals surface area contributed by atoms with Gasteiger partial charge in [0, 0.05) is 13.0 Å². The summed E-state index contributed by atoms with van der Waals surface area (Å²) >= 11 is 0. The zero-order chi connectivity index (χ0) is 12.4. The summed E-state index contributed by atoms with van der Waals surface area (Å²) in [6.07, 6.45) is 0.216. The molecule has 1 aromatic rings. The van der Waals surface area contributed by atoms with Crippen molar-refractivity contribution in [3.05, 3.63) is 35.6 Å². The largest absolute Gasteiger partial charge is 0.327 e. The van der Waals surface area contributed by atoms with Gasteiger partial charge < -0.3 is 5.73 Å². The molecule has 0 aliphatic rings. The number of nitrogens with two attached hydrogens (primary N) is 1. The van der Waals surface area contributed by atoms with Gasteiger partial charge in [0.2, 0.25) is 0 Å². The molecule has 0 bridgehead atoms. The van der Waals surface area contributed by atoms with Crippen LogP contribution in [-0.2, 0) is 6.42 Å². The van der Waals surface area contributed by atoms with Crippen LogP contribution >= 0.6 is 0 Å². The van der Waals surface area contributed by atoms with Crippen molar-refractivity contribution in [2.75, 3.05) is 6.54 Å². The molecule has 90 valence electrons. The predicted molar refractivity (Wildman–Crippen MR) is 62.5 cm³/mol. The topological polar surface area (TPSA) is 26.0 Å². The molecule has 0 aromatic heterocycles. The Bertz CT molecular complexity index is 340. The Balaban J connectivity index is 2.89. The van der Waals surface area contributed by atoms with E-state index < -0.39 is 11.1 Å². The Hall–Kier alpha value is -0.960. The molecule has 0 saturated carbocycles. The Morgan fingerprint density at radius 1 is 1.12 bits per heavy atom. The van der Waals surface area contributed by atoms with Gasteiger partial charge in [-0.05, 0) is 23.1 Å². The van der Waals surface area contributed by atoms with Gasteiger partial charge in [-0.1, -0.05) is 32.9 Å². The van der Waals surface area contributed by atoms with Crippen LogP contribution in [-0.4, -0.2) is 12.2 Å². The molecule has 1 rings (SSSR count). The summed E-state index contributed by atoms with van der Waals surface area (Å²) in [7, 11) is 0. The fourth-order valence-corrected chi connectivity index (χ4v) is 1.57. The third-order valence-corrected chi connectivity index (χ3v) is 3.07. The van der Waals surface area contributed by atoms with Crippen molar-refractivity contribution in [1.29, 1.82) is 0 Å². The van der Waals surface area contributed by atoms with Crippen molar-refractivity contribution in [2.24, 2.45) is 11.1 Å². The zero-order valence-electron chi connectivity index (χ0n) is 10.1. The molecule has 3 heteroatoms. The molecule has 0 saturated heterocycles. The van der Waals surface area contributed by atoms with E-state index in [-0.39, 0.29) is 18.8 Å². The van der Waals surface area contributed by atoms with Crippen LogP contribution in [0.4, 0.5) is 8.78 Å². The lowest BCUT2D eigenvalue weighted by atomic mass is 9.74. The van der Waals surface area contributed by atoms with E-state index in [0.29, 0.717) is 0 Å². The van der Waals surface area contributed by atoms with E-state index in [4.69, 9.17) is 5.73 Å². The number of alkyl halides is 1. The minimum absolute atomic E-state index is 0.0339. The van der Waals surface area contributed by atoms with Gasteiger partial charge in [0.05, 0.1) is 0 Å². The smallest absolute Gasteiger partial charge is 0.132 e. The molecular weight excluding hydrogens is 208 g/mol. The summed E-state index contributed by atoms with van der Waals surface area (Å²) in [5.41, 5.74) is 4.29. The summed E-state index contributed by atoms with van der Waals surface area (Å²) in [4.78, 5) is 0. The summed E-state index contributed by atoms with van der Waals surface area (Å²) in [5.74, 6) is -0.309. The van der Waals surface area contributed by atoms with Crippen molar-refractivity contribution in [1.82, 2.24) is 0 Å². The number of hydrogen-bond acceptors (Lipinski definition) is 1. The molecular formula is C13H19F2N. The van der Waals surface area contributed by atoms with Gasteiger partial charge in [-0.15, -0.1) is 0 Å². The first-order valence-electron chi connectivity index (χ1n) is 5.42. The molecule has 0 spiro atoms. The second-order valence-corrected chi connectivity index (χ2v) is 5.22. The lowest BCUT2D eigenvalue weighted by Gasteiger charge is -2.37. The molecule has 0 aliphatic carbocycles. The molecule has 1 nitrogen and oxygen atoms in total. The van der Waals surface area contributed by atoms with Crippen LogP contribution in [0.25, 0.3) is 0 Å². The first-order valence-corrected chi connectivity index (χ1v) is 5.42. The van der Waals surface area contributed by atoms with Crippen LogP contribution in [0, 0.1) is 11.2 Å². The molecule has 16 heavy (non-hydrogen) atoms. The standard InChI is InChI=1S/C13H19F2N/c1-12(2,3)13(15,9-16)8-10-4-6-11(14)7-5-10/h4-7H,8-9,16H2,1-3H3. The maximum atomic E-state index is 14.6. The Morgan fingerprint density at radius 2 is 1.62 bits per heavy atom. The molecule has 1 unspecified atom stereocenters. The average molecular weight is 227 g/mol. The van der Waals surface area contributed by atoms with Crippen LogP contribution in [0.1, 0.15) is 26.3 Å². The highest BCUT2D eigenvalue weighted by molar-refractivity contribution is 5.19. The molecule has 0 aliphatic heterocycles. The minimum Gasteiger partial charge on any atom is -0.327 e. The highest BCUT2D eigenvalue weighted by Crippen LogP contribution is 2.36. The number of benzene rings is 1.